The summed E-state index contributed by atoms with van der Waals surface area (Å²) in [5, 5.41) is 0. The van der Waals surface area contributed by atoms with Crippen LogP contribution in [0.2, 0.25) is 0 Å². The summed E-state index contributed by atoms with van der Waals surface area (Å²) < 4.78 is 0. The Kier molecular flexibility index (Phi) is 2.75. The highest BCUT2D eigenvalue weighted by Gasteiger charge is 2.43. The molecule has 0 N–H and O–H groups in total. The van der Waals surface area contributed by atoms with Crippen molar-refractivity contribution in [3.8, 4) is 0 Å². The van der Waals surface area contributed by atoms with E-state index in [0.29, 0.717) is 5.41 Å². The molecule has 0 aliphatic heterocycles. The smallest absolute Gasteiger partial charge is 0.0118 e. The van der Waals surface area contributed by atoms with Crippen molar-refractivity contribution in [1.82, 2.24) is 0 Å². The summed E-state index contributed by atoms with van der Waals surface area (Å²) in [5.74, 6) is 0.931. The van der Waals surface area contributed by atoms with Crippen molar-refractivity contribution < 1.29 is 0 Å². The van der Waals surface area contributed by atoms with Crippen LogP contribution in [-0.2, 0) is 0 Å². The summed E-state index contributed by atoms with van der Waals surface area (Å²) >= 11 is 0. The summed E-state index contributed by atoms with van der Waals surface area (Å²) in [5.41, 5.74) is 0.577. The Bertz CT molecular complexity index is 146. The van der Waals surface area contributed by atoms with Crippen LogP contribution in [0.3, 0.4) is 0 Å². The van der Waals surface area contributed by atoms with Crippen LogP contribution in [0.4, 0.5) is 0 Å². The fourth-order valence-corrected chi connectivity index (χ4v) is 1.51. The van der Waals surface area contributed by atoms with Crippen molar-refractivity contribution in [3.05, 3.63) is 12.2 Å². The predicted octanol–water partition coefficient (Wildman–Crippen LogP) is 3.78. The third-order valence-electron chi connectivity index (χ3n) is 2.93. The summed E-state index contributed by atoms with van der Waals surface area (Å²) in [6.45, 7) is 6.94. The second-order valence-corrected chi connectivity index (χ2v) is 4.16. The normalized spacial score (nSPS) is 36.5. The first kappa shape index (κ1) is 8.83. The lowest BCUT2D eigenvalue weighted by Crippen LogP contribution is -1.88. The summed E-state index contributed by atoms with van der Waals surface area (Å²) in [6.07, 6.45) is 10.1. The van der Waals surface area contributed by atoms with Crippen LogP contribution in [0.5, 0.6) is 0 Å². The lowest BCUT2D eigenvalue weighted by atomic mass is 10.1. The van der Waals surface area contributed by atoms with E-state index in [9.17, 15) is 0 Å². The van der Waals surface area contributed by atoms with E-state index in [4.69, 9.17) is 0 Å². The first-order chi connectivity index (χ1) is 5.19. The molecule has 2 unspecified atom stereocenters. The molecule has 1 aliphatic rings. The molecule has 0 aromatic carbocycles. The standard InChI is InChI=1S/C11H20/c1-4-5-6-7-8-11(3)9-10(11)2/h7-8,10H,4-6,9H2,1-3H3. The zero-order valence-corrected chi connectivity index (χ0v) is 8.06. The van der Waals surface area contributed by atoms with Crippen molar-refractivity contribution in [2.24, 2.45) is 11.3 Å². The van der Waals surface area contributed by atoms with Crippen molar-refractivity contribution in [2.75, 3.05) is 0 Å². The molecule has 11 heavy (non-hydrogen) atoms. The monoisotopic (exact) mass is 152 g/mol. The van der Waals surface area contributed by atoms with Crippen LogP contribution in [0.1, 0.15) is 46.5 Å². The highest BCUT2D eigenvalue weighted by atomic mass is 14.5. The van der Waals surface area contributed by atoms with Gasteiger partial charge in [-0.05, 0) is 24.2 Å². The Hall–Kier alpha value is -0.260. The first-order valence-electron chi connectivity index (χ1n) is 4.87. The van der Waals surface area contributed by atoms with Gasteiger partial charge in [0.25, 0.3) is 0 Å². The number of unbranched alkanes of at least 4 members (excludes halogenated alkanes) is 2. The molecular weight excluding hydrogens is 132 g/mol. The second-order valence-electron chi connectivity index (χ2n) is 4.16. The average Bonchev–Trinajstić information content (AvgIpc) is 2.54. The minimum absolute atomic E-state index is 0.577. The molecule has 0 aromatic rings. The van der Waals surface area contributed by atoms with Gasteiger partial charge < -0.3 is 0 Å². The number of allylic oxidation sites excluding steroid dienone is 2. The predicted molar refractivity (Wildman–Crippen MR) is 50.6 cm³/mol. The van der Waals surface area contributed by atoms with E-state index in [1.165, 1.54) is 25.7 Å². The highest BCUT2D eigenvalue weighted by Crippen LogP contribution is 2.52. The lowest BCUT2D eigenvalue weighted by Gasteiger charge is -1.99. The highest BCUT2D eigenvalue weighted by molar-refractivity contribution is 5.10. The molecule has 0 amide bonds. The molecule has 0 saturated heterocycles. The number of hydrogen-bond acceptors (Lipinski definition) is 0. The van der Waals surface area contributed by atoms with Gasteiger partial charge in [0, 0.05) is 0 Å². The van der Waals surface area contributed by atoms with Gasteiger partial charge in [0.15, 0.2) is 0 Å². The summed E-state index contributed by atoms with van der Waals surface area (Å²) in [7, 11) is 0. The first-order valence-corrected chi connectivity index (χ1v) is 4.87. The van der Waals surface area contributed by atoms with Gasteiger partial charge in [-0.25, -0.2) is 0 Å². The molecule has 0 heteroatoms. The van der Waals surface area contributed by atoms with Gasteiger partial charge in [0.2, 0.25) is 0 Å². The van der Waals surface area contributed by atoms with Crippen LogP contribution < -0.4 is 0 Å². The fraction of sp³-hybridized carbons (Fsp3) is 0.818. The fourth-order valence-electron chi connectivity index (χ4n) is 1.51. The molecule has 1 saturated carbocycles. The van der Waals surface area contributed by atoms with Gasteiger partial charge in [-0.3, -0.25) is 0 Å². The van der Waals surface area contributed by atoms with E-state index in [1.54, 1.807) is 0 Å². The van der Waals surface area contributed by atoms with Gasteiger partial charge in [0.05, 0.1) is 0 Å². The topological polar surface area (TPSA) is 0 Å². The molecule has 1 rings (SSSR count). The lowest BCUT2D eigenvalue weighted by molar-refractivity contribution is 0.658. The molecule has 0 bridgehead atoms. The maximum atomic E-state index is 2.42. The van der Waals surface area contributed by atoms with Crippen LogP contribution >= 0.6 is 0 Å². The zero-order chi connectivity index (χ0) is 8.32. The molecule has 2 atom stereocenters. The molecule has 64 valence electrons. The average molecular weight is 152 g/mol. The van der Waals surface area contributed by atoms with Crippen LogP contribution in [0.15, 0.2) is 12.2 Å². The molecule has 0 aromatic heterocycles. The number of rotatable bonds is 4. The Labute approximate surface area is 70.7 Å². The minimum atomic E-state index is 0.577. The van der Waals surface area contributed by atoms with Gasteiger partial charge in [-0.2, -0.15) is 0 Å². The minimum Gasteiger partial charge on any atom is -0.0880 e. The zero-order valence-electron chi connectivity index (χ0n) is 8.06. The van der Waals surface area contributed by atoms with Crippen molar-refractivity contribution in [3.63, 3.8) is 0 Å². The Morgan fingerprint density at radius 2 is 2.18 bits per heavy atom. The molecule has 0 spiro atoms. The van der Waals surface area contributed by atoms with Crippen LogP contribution in [0, 0.1) is 11.3 Å². The van der Waals surface area contributed by atoms with Crippen LogP contribution in [0.25, 0.3) is 0 Å². The molecule has 1 aliphatic carbocycles. The molecule has 0 nitrogen and oxygen atoms in total. The number of hydrogen-bond donors (Lipinski definition) is 0. The van der Waals surface area contributed by atoms with E-state index in [-0.39, 0.29) is 0 Å². The third kappa shape index (κ3) is 2.36. The molecule has 0 heterocycles. The van der Waals surface area contributed by atoms with E-state index in [1.807, 2.05) is 0 Å². The summed E-state index contributed by atoms with van der Waals surface area (Å²) in [6, 6.07) is 0. The maximum Gasteiger partial charge on any atom is -0.0118 e. The van der Waals surface area contributed by atoms with E-state index >= 15 is 0 Å². The maximum absolute atomic E-state index is 2.42. The van der Waals surface area contributed by atoms with Crippen molar-refractivity contribution >= 4 is 0 Å². The summed E-state index contributed by atoms with van der Waals surface area (Å²) in [4.78, 5) is 0. The quantitative estimate of drug-likeness (QED) is 0.425. The van der Waals surface area contributed by atoms with Crippen LogP contribution in [-0.4, -0.2) is 0 Å². The van der Waals surface area contributed by atoms with Gasteiger partial charge in [-0.1, -0.05) is 45.8 Å². The molecule has 1 fully saturated rings. The van der Waals surface area contributed by atoms with Gasteiger partial charge in [0.1, 0.15) is 0 Å². The van der Waals surface area contributed by atoms with Gasteiger partial charge >= 0.3 is 0 Å². The molecular formula is C11H20. The SMILES string of the molecule is CCCCC=CC1(C)CC1C. The Balaban J connectivity index is 2.15. The Morgan fingerprint density at radius 3 is 2.64 bits per heavy atom. The third-order valence-corrected chi connectivity index (χ3v) is 2.93. The Morgan fingerprint density at radius 1 is 1.55 bits per heavy atom. The van der Waals surface area contributed by atoms with E-state index in [2.05, 4.69) is 32.9 Å². The largest absolute Gasteiger partial charge is 0.0880 e. The van der Waals surface area contributed by atoms with Crippen molar-refractivity contribution in [2.45, 2.75) is 46.5 Å². The van der Waals surface area contributed by atoms with E-state index < -0.39 is 0 Å². The van der Waals surface area contributed by atoms with Gasteiger partial charge in [-0.15, -0.1) is 0 Å². The second kappa shape index (κ2) is 3.42. The van der Waals surface area contributed by atoms with E-state index in [0.717, 1.165) is 5.92 Å². The molecule has 0 radical (unpaired) electrons. The van der Waals surface area contributed by atoms with Crippen molar-refractivity contribution in [1.29, 1.82) is 0 Å².